The number of ether oxygens (including phenoxy) is 1. The van der Waals surface area contributed by atoms with Crippen molar-refractivity contribution in [3.63, 3.8) is 0 Å². The normalized spacial score (nSPS) is 16.8. The number of nitrogens with zero attached hydrogens (tertiary/aromatic N) is 1. The maximum Gasteiger partial charge on any atom is 0.315 e. The van der Waals surface area contributed by atoms with Crippen LogP contribution in [-0.4, -0.2) is 57.8 Å². The van der Waals surface area contributed by atoms with Gasteiger partial charge in [-0.3, -0.25) is 4.79 Å². The van der Waals surface area contributed by atoms with E-state index in [-0.39, 0.29) is 18.0 Å². The lowest BCUT2D eigenvalue weighted by Gasteiger charge is -2.18. The molecule has 2 rings (SSSR count). The minimum Gasteiger partial charge on any atom is -0.497 e. The standard InChI is InChI=1S/C19H30N4O3/c1-4-22(5-2)11-7-10-20-19(25)21-15-12-18(24)23(14-15)16-8-6-9-17(13-16)26-3/h6,8-9,13,15H,4-5,7,10-12,14H2,1-3H3,(H2,20,21,25)/p+1/t15-/m0/s1. The van der Waals surface area contributed by atoms with E-state index >= 15 is 0 Å². The fourth-order valence-corrected chi connectivity index (χ4v) is 3.21. The SMILES string of the molecule is CC[NH+](CC)CCCNC(=O)N[C@H]1CC(=O)N(c2cccc(OC)c2)C1. The molecule has 1 aliphatic heterocycles. The smallest absolute Gasteiger partial charge is 0.315 e. The van der Waals surface area contributed by atoms with Gasteiger partial charge in [0.05, 0.1) is 32.8 Å². The summed E-state index contributed by atoms with van der Waals surface area (Å²) in [4.78, 5) is 27.6. The number of anilines is 1. The molecule has 1 fully saturated rings. The van der Waals surface area contributed by atoms with Crippen molar-refractivity contribution in [2.24, 2.45) is 0 Å². The Hall–Kier alpha value is -2.28. The van der Waals surface area contributed by atoms with Crippen LogP contribution in [0.4, 0.5) is 10.5 Å². The fourth-order valence-electron chi connectivity index (χ4n) is 3.21. The van der Waals surface area contributed by atoms with Crippen LogP contribution in [0.3, 0.4) is 0 Å². The molecule has 0 aliphatic carbocycles. The van der Waals surface area contributed by atoms with Crippen molar-refractivity contribution in [1.29, 1.82) is 0 Å². The molecule has 0 aromatic heterocycles. The Morgan fingerprint density at radius 3 is 2.81 bits per heavy atom. The number of hydrogen-bond donors (Lipinski definition) is 3. The number of amides is 3. The summed E-state index contributed by atoms with van der Waals surface area (Å²) >= 11 is 0. The molecule has 0 unspecified atom stereocenters. The highest BCUT2D eigenvalue weighted by atomic mass is 16.5. The van der Waals surface area contributed by atoms with E-state index in [4.69, 9.17) is 4.74 Å². The van der Waals surface area contributed by atoms with Gasteiger partial charge >= 0.3 is 6.03 Å². The summed E-state index contributed by atoms with van der Waals surface area (Å²) in [6, 6.07) is 7.01. The third kappa shape index (κ3) is 5.62. The van der Waals surface area contributed by atoms with Gasteiger partial charge in [0.1, 0.15) is 5.75 Å². The number of rotatable bonds is 9. The first-order valence-corrected chi connectivity index (χ1v) is 9.39. The molecule has 7 heteroatoms. The quantitative estimate of drug-likeness (QED) is 0.557. The summed E-state index contributed by atoms with van der Waals surface area (Å²) in [5.41, 5.74) is 0.793. The van der Waals surface area contributed by atoms with E-state index in [0.29, 0.717) is 25.3 Å². The van der Waals surface area contributed by atoms with Gasteiger partial charge in [0.2, 0.25) is 5.91 Å². The van der Waals surface area contributed by atoms with Crippen LogP contribution in [0, 0.1) is 0 Å². The Bertz CT molecular complexity index is 604. The first kappa shape index (κ1) is 20.0. The lowest BCUT2D eigenvalue weighted by Crippen LogP contribution is -3.11. The van der Waals surface area contributed by atoms with Crippen LogP contribution in [0.15, 0.2) is 24.3 Å². The molecule has 3 amide bonds. The molecule has 1 aromatic rings. The first-order chi connectivity index (χ1) is 12.6. The van der Waals surface area contributed by atoms with Crippen molar-refractivity contribution in [2.45, 2.75) is 32.7 Å². The topological polar surface area (TPSA) is 75.1 Å². The molecule has 0 radical (unpaired) electrons. The van der Waals surface area contributed by atoms with Crippen LogP contribution in [0.2, 0.25) is 0 Å². The van der Waals surface area contributed by atoms with E-state index in [1.54, 1.807) is 12.0 Å². The van der Waals surface area contributed by atoms with Gasteiger partial charge in [-0.25, -0.2) is 4.79 Å². The number of benzene rings is 1. The molecule has 1 saturated heterocycles. The number of methoxy groups -OCH3 is 1. The van der Waals surface area contributed by atoms with Crippen LogP contribution in [0.5, 0.6) is 5.75 Å². The predicted octanol–water partition coefficient (Wildman–Crippen LogP) is 0.415. The van der Waals surface area contributed by atoms with Crippen molar-refractivity contribution in [2.75, 3.05) is 44.7 Å². The number of carbonyl (C=O) groups excluding carboxylic acids is 2. The number of nitrogens with one attached hydrogen (secondary N) is 3. The average molecular weight is 363 g/mol. The Labute approximate surface area is 155 Å². The zero-order valence-electron chi connectivity index (χ0n) is 16.0. The van der Waals surface area contributed by atoms with Crippen molar-refractivity contribution >= 4 is 17.6 Å². The van der Waals surface area contributed by atoms with Crippen LogP contribution in [0.1, 0.15) is 26.7 Å². The molecule has 0 bridgehead atoms. The lowest BCUT2D eigenvalue weighted by atomic mass is 10.2. The summed E-state index contributed by atoms with van der Waals surface area (Å²) in [6.45, 7) is 8.73. The van der Waals surface area contributed by atoms with E-state index in [0.717, 1.165) is 31.7 Å². The van der Waals surface area contributed by atoms with E-state index in [1.807, 2.05) is 24.3 Å². The Morgan fingerprint density at radius 1 is 1.35 bits per heavy atom. The summed E-state index contributed by atoms with van der Waals surface area (Å²) in [5.74, 6) is 0.716. The third-order valence-electron chi connectivity index (χ3n) is 4.82. The Morgan fingerprint density at radius 2 is 2.12 bits per heavy atom. The zero-order valence-corrected chi connectivity index (χ0v) is 16.0. The number of quaternary nitrogens is 1. The van der Waals surface area contributed by atoms with Gasteiger partial charge in [-0.15, -0.1) is 0 Å². The van der Waals surface area contributed by atoms with Crippen molar-refractivity contribution in [3.8, 4) is 5.75 Å². The van der Waals surface area contributed by atoms with Gasteiger partial charge < -0.3 is 25.2 Å². The molecule has 1 aliphatic rings. The summed E-state index contributed by atoms with van der Waals surface area (Å²) in [7, 11) is 1.60. The molecule has 1 heterocycles. The monoisotopic (exact) mass is 363 g/mol. The maximum absolute atomic E-state index is 12.3. The van der Waals surface area contributed by atoms with Gasteiger partial charge in [0, 0.05) is 37.7 Å². The van der Waals surface area contributed by atoms with Crippen molar-refractivity contribution in [3.05, 3.63) is 24.3 Å². The molecule has 7 nitrogen and oxygen atoms in total. The van der Waals surface area contributed by atoms with Crippen LogP contribution < -0.4 is 25.2 Å². The van der Waals surface area contributed by atoms with Gasteiger partial charge in [-0.05, 0) is 26.0 Å². The van der Waals surface area contributed by atoms with Gasteiger partial charge in [-0.1, -0.05) is 6.07 Å². The van der Waals surface area contributed by atoms with Crippen LogP contribution >= 0.6 is 0 Å². The van der Waals surface area contributed by atoms with E-state index in [1.165, 1.54) is 4.90 Å². The van der Waals surface area contributed by atoms with E-state index in [2.05, 4.69) is 24.5 Å². The molecular weight excluding hydrogens is 332 g/mol. The Balaban J connectivity index is 1.77. The highest BCUT2D eigenvalue weighted by Crippen LogP contribution is 2.25. The predicted molar refractivity (Wildman–Crippen MR) is 102 cm³/mol. The molecule has 1 atom stereocenters. The van der Waals surface area contributed by atoms with Crippen molar-refractivity contribution < 1.29 is 19.2 Å². The van der Waals surface area contributed by atoms with Crippen LogP contribution in [-0.2, 0) is 4.79 Å². The largest absolute Gasteiger partial charge is 0.497 e. The van der Waals surface area contributed by atoms with Crippen LogP contribution in [0.25, 0.3) is 0 Å². The number of urea groups is 1. The Kier molecular flexibility index (Phi) is 7.72. The minimum absolute atomic E-state index is 0.00804. The van der Waals surface area contributed by atoms with Crippen molar-refractivity contribution in [1.82, 2.24) is 10.6 Å². The summed E-state index contributed by atoms with van der Waals surface area (Å²) < 4.78 is 5.21. The third-order valence-corrected chi connectivity index (χ3v) is 4.82. The molecule has 0 spiro atoms. The molecular formula is C19H31N4O3+. The lowest BCUT2D eigenvalue weighted by molar-refractivity contribution is -0.896. The number of carbonyl (C=O) groups is 2. The van der Waals surface area contributed by atoms with E-state index < -0.39 is 0 Å². The average Bonchev–Trinajstić information content (AvgIpc) is 3.02. The summed E-state index contributed by atoms with van der Waals surface area (Å²) in [6.07, 6.45) is 1.26. The fraction of sp³-hybridized carbons (Fsp3) is 0.579. The van der Waals surface area contributed by atoms with Gasteiger partial charge in [0.25, 0.3) is 0 Å². The molecule has 26 heavy (non-hydrogen) atoms. The van der Waals surface area contributed by atoms with Gasteiger partial charge in [-0.2, -0.15) is 0 Å². The maximum atomic E-state index is 12.3. The molecule has 1 aromatic carbocycles. The van der Waals surface area contributed by atoms with Gasteiger partial charge in [0.15, 0.2) is 0 Å². The molecule has 3 N–H and O–H groups in total. The second-order valence-electron chi connectivity index (χ2n) is 6.57. The summed E-state index contributed by atoms with van der Waals surface area (Å²) in [5, 5.41) is 5.79. The highest BCUT2D eigenvalue weighted by molar-refractivity contribution is 5.97. The second-order valence-corrected chi connectivity index (χ2v) is 6.57. The second kappa shape index (κ2) is 10.0. The molecule has 0 saturated carbocycles. The highest BCUT2D eigenvalue weighted by Gasteiger charge is 2.31. The number of hydrogen-bond acceptors (Lipinski definition) is 3. The minimum atomic E-state index is -0.204. The van der Waals surface area contributed by atoms with E-state index in [9.17, 15) is 9.59 Å². The first-order valence-electron chi connectivity index (χ1n) is 9.39. The molecule has 144 valence electrons. The zero-order chi connectivity index (χ0) is 18.9.